The summed E-state index contributed by atoms with van der Waals surface area (Å²) in [5.74, 6) is -0.351. The third kappa shape index (κ3) is 6.34. The van der Waals surface area contributed by atoms with Crippen molar-refractivity contribution in [3.05, 3.63) is 96.6 Å². The fraction of sp³-hybridized carbons (Fsp3) is 0.118. The van der Waals surface area contributed by atoms with Crippen molar-refractivity contribution in [2.75, 3.05) is 25.2 Å². The molecule has 0 spiro atoms. The lowest BCUT2D eigenvalue weighted by Gasteiger charge is -2.06. The minimum atomic E-state index is -0.724. The molecule has 0 saturated carbocycles. The fourth-order valence-corrected chi connectivity index (χ4v) is 5.37. The Labute approximate surface area is 305 Å². The molecule has 7 rings (SSSR count). The molecule has 5 N–H and O–H groups in total. The predicted octanol–water partition coefficient (Wildman–Crippen LogP) is 4.61. The van der Waals surface area contributed by atoms with E-state index in [0.717, 1.165) is 0 Å². The van der Waals surface area contributed by atoms with Gasteiger partial charge in [-0.15, -0.1) is 20.5 Å². The van der Waals surface area contributed by atoms with E-state index in [1.54, 1.807) is 20.2 Å². The quantitative estimate of drug-likeness (QED) is 0.0938. The van der Waals surface area contributed by atoms with Crippen LogP contribution in [0.2, 0.25) is 0 Å². The number of carbonyl (C=O) groups excluding carboxylic acids is 2. The first-order valence-corrected chi connectivity index (χ1v) is 16.0. The average molecular weight is 727 g/mol. The molecule has 54 heavy (non-hydrogen) atoms. The van der Waals surface area contributed by atoms with Gasteiger partial charge >= 0.3 is 5.97 Å². The number of carbonyl (C=O) groups is 2. The lowest BCUT2D eigenvalue weighted by molar-refractivity contribution is 0.0601. The summed E-state index contributed by atoms with van der Waals surface area (Å²) in [5, 5.41) is 44.5. The summed E-state index contributed by atoms with van der Waals surface area (Å²) in [6.45, 7) is -0.724. The zero-order valence-corrected chi connectivity index (χ0v) is 28.9. The molecular formula is C34H30N16O4. The molecule has 2 aromatic carbocycles. The Morgan fingerprint density at radius 1 is 0.722 bits per heavy atom. The number of aryl methyl sites for hydroxylation is 2. The van der Waals surface area contributed by atoms with Crippen molar-refractivity contribution in [2.45, 2.75) is 0 Å². The number of rotatable bonds is 11. The van der Waals surface area contributed by atoms with Crippen molar-refractivity contribution in [1.82, 2.24) is 49.1 Å². The van der Waals surface area contributed by atoms with E-state index in [0.29, 0.717) is 22.5 Å². The summed E-state index contributed by atoms with van der Waals surface area (Å²) in [4.78, 5) is 33.5. The molecule has 0 unspecified atom stereocenters. The van der Waals surface area contributed by atoms with Gasteiger partial charge in [-0.05, 0) is 0 Å². The highest BCUT2D eigenvalue weighted by Crippen LogP contribution is 2.39. The molecule has 0 aliphatic carbocycles. The molecule has 0 aliphatic heterocycles. The number of azo groups is 2. The van der Waals surface area contributed by atoms with Crippen molar-refractivity contribution in [1.29, 1.82) is 0 Å². The van der Waals surface area contributed by atoms with Gasteiger partial charge in [0.2, 0.25) is 0 Å². The van der Waals surface area contributed by atoms with Crippen LogP contribution in [0.15, 0.2) is 106 Å². The van der Waals surface area contributed by atoms with E-state index in [4.69, 9.17) is 26.4 Å². The van der Waals surface area contributed by atoms with Crippen LogP contribution in [0, 0.1) is 0 Å². The van der Waals surface area contributed by atoms with Gasteiger partial charge in [0.05, 0.1) is 25.1 Å². The van der Waals surface area contributed by atoms with E-state index in [1.807, 2.05) is 60.7 Å². The van der Waals surface area contributed by atoms with Crippen LogP contribution >= 0.6 is 0 Å². The number of aliphatic hydroxyl groups is 1. The topological polar surface area (TPSA) is 262 Å². The number of aromatic nitrogens is 10. The normalized spacial score (nSPS) is 11.6. The maximum atomic E-state index is 12.3. The molecule has 7 aromatic rings. The van der Waals surface area contributed by atoms with Crippen molar-refractivity contribution in [3.63, 3.8) is 0 Å². The standard InChI is InChI=1S/C34H30N16O4/c1-47-32(21(15-39-47)23(52)17-51)43-41-28-26(19-10-6-4-7-11-19)45-49(30(28)35)24-14-25(38-18-37-24)50-31(36)29(27(46-50)20-12-8-5-9-13-20)42-44-33-22(34(53)54-3)16-40-48(33)2/h4-16,18,51H,17,35-36H2,1-3H3. The Balaban J connectivity index is 1.33. The summed E-state index contributed by atoms with van der Waals surface area (Å²) >= 11 is 0. The lowest BCUT2D eigenvalue weighted by atomic mass is 10.1. The minimum Gasteiger partial charge on any atom is -0.465 e. The maximum Gasteiger partial charge on any atom is 0.343 e. The third-order valence-electron chi connectivity index (χ3n) is 8.11. The number of hydrogen-bond donors (Lipinski definition) is 3. The van der Waals surface area contributed by atoms with Crippen LogP contribution < -0.4 is 11.5 Å². The van der Waals surface area contributed by atoms with Gasteiger partial charge in [-0.2, -0.15) is 29.8 Å². The summed E-state index contributed by atoms with van der Waals surface area (Å²) < 4.78 is 10.3. The second kappa shape index (κ2) is 14.5. The van der Waals surface area contributed by atoms with Crippen LogP contribution in [0.5, 0.6) is 0 Å². The number of nitrogens with two attached hydrogens (primary N) is 2. The Morgan fingerprint density at radius 2 is 1.19 bits per heavy atom. The number of ketones is 1. The average Bonchev–Trinajstić information content (AvgIpc) is 3.95. The third-order valence-corrected chi connectivity index (χ3v) is 8.11. The molecule has 0 radical (unpaired) electrons. The number of methoxy groups -OCH3 is 1. The molecule has 20 nitrogen and oxygen atoms in total. The number of hydrogen-bond acceptors (Lipinski definition) is 16. The van der Waals surface area contributed by atoms with Gasteiger partial charge in [0.15, 0.2) is 52.1 Å². The van der Waals surface area contributed by atoms with Gasteiger partial charge in [-0.1, -0.05) is 60.7 Å². The number of esters is 1. The lowest BCUT2D eigenvalue weighted by Crippen LogP contribution is -2.09. The molecular weight excluding hydrogens is 696 g/mol. The van der Waals surface area contributed by atoms with Crippen LogP contribution in [-0.4, -0.2) is 79.7 Å². The molecule has 5 aromatic heterocycles. The van der Waals surface area contributed by atoms with Crippen LogP contribution in [0.1, 0.15) is 20.7 Å². The Bertz CT molecular complexity index is 2390. The van der Waals surface area contributed by atoms with E-state index in [2.05, 4.69) is 40.6 Å². The van der Waals surface area contributed by atoms with Gasteiger partial charge in [0.1, 0.15) is 29.9 Å². The van der Waals surface area contributed by atoms with Crippen LogP contribution in [0.25, 0.3) is 34.2 Å². The molecule has 5 heterocycles. The maximum absolute atomic E-state index is 12.3. The predicted molar refractivity (Wildman–Crippen MR) is 193 cm³/mol. The molecule has 0 saturated heterocycles. The number of aliphatic hydroxyl groups excluding tert-OH is 1. The van der Waals surface area contributed by atoms with Crippen LogP contribution in [0.3, 0.4) is 0 Å². The van der Waals surface area contributed by atoms with Gasteiger partial charge in [-0.3, -0.25) is 4.79 Å². The summed E-state index contributed by atoms with van der Waals surface area (Å²) in [6.07, 6.45) is 3.93. The smallest absolute Gasteiger partial charge is 0.343 e. The molecule has 0 aliphatic rings. The van der Waals surface area contributed by atoms with Gasteiger partial charge in [0.25, 0.3) is 0 Å². The first-order valence-electron chi connectivity index (χ1n) is 16.0. The van der Waals surface area contributed by atoms with Gasteiger partial charge < -0.3 is 21.3 Å². The first-order chi connectivity index (χ1) is 26.2. The fourth-order valence-electron chi connectivity index (χ4n) is 5.37. The first kappa shape index (κ1) is 34.7. The Kier molecular flexibility index (Phi) is 9.30. The SMILES string of the molecule is COC(=O)c1cnn(C)c1N=Nc1c(-c2ccccc2)nn(-c2cc(-n3nc(-c4ccccc4)c(N=Nc4c(C(=O)CO)cnn4C)c3N)ncn2)c1N. The number of nitrogen functional groups attached to an aromatic ring is 2. The van der Waals surface area contributed by atoms with Crippen molar-refractivity contribution >= 4 is 46.4 Å². The second-order valence-electron chi connectivity index (χ2n) is 11.4. The second-order valence-corrected chi connectivity index (χ2v) is 11.4. The molecule has 0 bridgehead atoms. The Morgan fingerprint density at radius 3 is 1.65 bits per heavy atom. The van der Waals surface area contributed by atoms with E-state index in [1.165, 1.54) is 44.6 Å². The summed E-state index contributed by atoms with van der Waals surface area (Å²) in [7, 11) is 4.46. The highest BCUT2D eigenvalue weighted by molar-refractivity contribution is 6.00. The monoisotopic (exact) mass is 726 g/mol. The zero-order chi connectivity index (χ0) is 37.9. The molecule has 270 valence electrons. The highest BCUT2D eigenvalue weighted by Gasteiger charge is 2.24. The molecule has 0 fully saturated rings. The van der Waals surface area contributed by atoms with Crippen molar-refractivity contribution in [2.24, 2.45) is 34.6 Å². The minimum absolute atomic E-state index is 0.0601. The number of benzene rings is 2. The van der Waals surface area contributed by atoms with Crippen molar-refractivity contribution in [3.8, 4) is 34.2 Å². The zero-order valence-electron chi connectivity index (χ0n) is 28.9. The van der Waals surface area contributed by atoms with Crippen LogP contribution in [0.4, 0.5) is 34.6 Å². The van der Waals surface area contributed by atoms with E-state index in [-0.39, 0.29) is 57.4 Å². The van der Waals surface area contributed by atoms with Gasteiger partial charge in [-0.25, -0.2) is 24.1 Å². The van der Waals surface area contributed by atoms with Gasteiger partial charge in [0, 0.05) is 31.3 Å². The highest BCUT2D eigenvalue weighted by atomic mass is 16.5. The van der Waals surface area contributed by atoms with Crippen molar-refractivity contribution < 1.29 is 19.4 Å². The molecule has 0 atom stereocenters. The van der Waals surface area contributed by atoms with Crippen LogP contribution in [-0.2, 0) is 18.8 Å². The number of ether oxygens (including phenoxy) is 1. The number of anilines is 2. The van der Waals surface area contributed by atoms with E-state index < -0.39 is 18.4 Å². The van der Waals surface area contributed by atoms with E-state index >= 15 is 0 Å². The van der Waals surface area contributed by atoms with E-state index in [9.17, 15) is 14.7 Å². The number of Topliss-reactive ketones (excluding diaryl/α,β-unsaturated/α-hetero) is 1. The summed E-state index contributed by atoms with van der Waals surface area (Å²) in [5.41, 5.74) is 16.0. The molecule has 0 amide bonds. The number of nitrogens with zero attached hydrogens (tertiary/aromatic N) is 14. The summed E-state index contributed by atoms with van der Waals surface area (Å²) in [6, 6.07) is 19.9. The largest absolute Gasteiger partial charge is 0.465 e. The molecule has 20 heteroatoms. The Hall–Kier alpha value is -7.74.